The number of rotatable bonds is 8. The highest BCUT2D eigenvalue weighted by molar-refractivity contribution is 7.88. The normalized spacial score (nSPS) is 12.9. The average Bonchev–Trinajstić information content (AvgIpc) is 2.35. The predicted molar refractivity (Wildman–Crippen MR) is 87.6 cm³/mol. The van der Waals surface area contributed by atoms with Crippen LogP contribution < -0.4 is 4.72 Å². The largest absolute Gasteiger partial charge is 0.463 e. The van der Waals surface area contributed by atoms with Crippen molar-refractivity contribution in [2.24, 2.45) is 0 Å². The summed E-state index contributed by atoms with van der Waals surface area (Å²) < 4.78 is 30.3. The zero-order valence-electron chi connectivity index (χ0n) is 13.2. The molecule has 0 heterocycles. The molecule has 1 aromatic carbocycles. The lowest BCUT2D eigenvalue weighted by atomic mass is 10.0. The molecular weight excluding hydrogens is 342 g/mol. The molecule has 1 N–H and O–H groups in total. The van der Waals surface area contributed by atoms with Crippen molar-refractivity contribution in [2.75, 3.05) is 6.26 Å². The van der Waals surface area contributed by atoms with E-state index in [-0.39, 0.29) is 12.5 Å². The number of nitrogens with one attached hydrogen (secondary N) is 1. The van der Waals surface area contributed by atoms with Crippen molar-refractivity contribution >= 4 is 33.4 Å². The van der Waals surface area contributed by atoms with Gasteiger partial charge in [0.05, 0.1) is 18.4 Å². The van der Waals surface area contributed by atoms with Crippen LogP contribution in [0.1, 0.15) is 38.3 Å². The molecule has 0 aliphatic rings. The fraction of sp³-hybridized carbons (Fsp3) is 0.467. The van der Waals surface area contributed by atoms with E-state index in [0.29, 0.717) is 10.6 Å². The van der Waals surface area contributed by atoms with E-state index in [4.69, 9.17) is 16.3 Å². The van der Waals surface area contributed by atoms with Crippen molar-refractivity contribution in [3.63, 3.8) is 0 Å². The van der Waals surface area contributed by atoms with Crippen LogP contribution in [0.2, 0.25) is 5.02 Å². The molecule has 0 bridgehead atoms. The number of ether oxygens (including phenoxy) is 1. The first-order valence-electron chi connectivity index (χ1n) is 7.01. The van der Waals surface area contributed by atoms with Crippen LogP contribution in [0, 0.1) is 0 Å². The maximum absolute atomic E-state index is 12.0. The van der Waals surface area contributed by atoms with Gasteiger partial charge in [-0.1, -0.05) is 29.8 Å². The third-order valence-electron chi connectivity index (χ3n) is 2.78. The Labute approximate surface area is 141 Å². The summed E-state index contributed by atoms with van der Waals surface area (Å²) in [5.41, 5.74) is 0.477. The van der Waals surface area contributed by atoms with Gasteiger partial charge in [-0.15, -0.1) is 0 Å². The van der Waals surface area contributed by atoms with Gasteiger partial charge in [-0.05, 0) is 25.5 Å². The molecule has 0 amide bonds. The summed E-state index contributed by atoms with van der Waals surface area (Å²) in [7, 11) is -3.56. The van der Waals surface area contributed by atoms with E-state index >= 15 is 0 Å². The van der Waals surface area contributed by atoms with Crippen molar-refractivity contribution in [3.05, 3.63) is 34.9 Å². The third-order valence-corrected chi connectivity index (χ3v) is 3.83. The Hall–Kier alpha value is -1.44. The highest BCUT2D eigenvalue weighted by atomic mass is 35.5. The zero-order valence-corrected chi connectivity index (χ0v) is 14.8. The Bertz CT molecular complexity index is 672. The maximum Gasteiger partial charge on any atom is 0.313 e. The number of Topliss-reactive ketones (excluding diaryl/α,β-unsaturated/α-hetero) is 1. The van der Waals surface area contributed by atoms with Gasteiger partial charge in [0.25, 0.3) is 0 Å². The first-order chi connectivity index (χ1) is 10.6. The molecule has 0 aromatic heterocycles. The summed E-state index contributed by atoms with van der Waals surface area (Å²) >= 11 is 6.07. The van der Waals surface area contributed by atoms with E-state index in [2.05, 4.69) is 4.72 Å². The van der Waals surface area contributed by atoms with E-state index in [1.54, 1.807) is 38.1 Å². The number of sulfonamides is 1. The first kappa shape index (κ1) is 19.6. The Morgan fingerprint density at radius 1 is 1.26 bits per heavy atom. The number of carbonyl (C=O) groups excluding carboxylic acids is 2. The van der Waals surface area contributed by atoms with Gasteiger partial charge in [0.2, 0.25) is 10.0 Å². The molecule has 0 aliphatic carbocycles. The Morgan fingerprint density at radius 2 is 1.87 bits per heavy atom. The summed E-state index contributed by atoms with van der Waals surface area (Å²) in [5, 5.41) is 0.339. The molecule has 23 heavy (non-hydrogen) atoms. The van der Waals surface area contributed by atoms with Crippen LogP contribution in [-0.2, 0) is 24.3 Å². The molecule has 128 valence electrons. The minimum absolute atomic E-state index is 0.190. The second-order valence-corrected chi connectivity index (χ2v) is 7.61. The van der Waals surface area contributed by atoms with Gasteiger partial charge in [0.15, 0.2) is 0 Å². The topological polar surface area (TPSA) is 89.5 Å². The number of ketones is 1. The molecule has 0 spiro atoms. The fourth-order valence-corrected chi connectivity index (χ4v) is 2.99. The molecular formula is C15H20ClNO5S. The minimum Gasteiger partial charge on any atom is -0.463 e. The smallest absolute Gasteiger partial charge is 0.313 e. The molecule has 0 saturated carbocycles. The van der Waals surface area contributed by atoms with Crippen LogP contribution in [-0.4, -0.2) is 32.5 Å². The number of hydrogen-bond donors (Lipinski definition) is 1. The van der Waals surface area contributed by atoms with Gasteiger partial charge in [0.1, 0.15) is 12.2 Å². The Morgan fingerprint density at radius 3 is 2.39 bits per heavy atom. The second-order valence-electron chi connectivity index (χ2n) is 5.42. The quantitative estimate of drug-likeness (QED) is 0.566. The van der Waals surface area contributed by atoms with Gasteiger partial charge in [-0.3, -0.25) is 9.59 Å². The van der Waals surface area contributed by atoms with E-state index in [1.165, 1.54) is 0 Å². The number of benzene rings is 1. The summed E-state index contributed by atoms with van der Waals surface area (Å²) in [4.78, 5) is 23.6. The molecule has 1 unspecified atom stereocenters. The maximum atomic E-state index is 12.0. The van der Waals surface area contributed by atoms with E-state index in [9.17, 15) is 18.0 Å². The van der Waals surface area contributed by atoms with Crippen LogP contribution >= 0.6 is 11.6 Å². The summed E-state index contributed by atoms with van der Waals surface area (Å²) in [6.07, 6.45) is 0.0759. The molecule has 0 saturated heterocycles. The molecule has 0 aliphatic heterocycles. The lowest BCUT2D eigenvalue weighted by Gasteiger charge is -2.18. The number of hydrogen-bond acceptors (Lipinski definition) is 5. The third kappa shape index (κ3) is 7.58. The van der Waals surface area contributed by atoms with Gasteiger partial charge in [-0.25, -0.2) is 13.1 Å². The number of halogens is 1. The Balaban J connectivity index is 2.88. The van der Waals surface area contributed by atoms with E-state index in [1.807, 2.05) is 0 Å². The van der Waals surface area contributed by atoms with Gasteiger partial charge >= 0.3 is 5.97 Å². The van der Waals surface area contributed by atoms with Gasteiger partial charge < -0.3 is 4.74 Å². The molecule has 0 fully saturated rings. The van der Waals surface area contributed by atoms with E-state index < -0.39 is 34.2 Å². The van der Waals surface area contributed by atoms with Crippen molar-refractivity contribution < 1.29 is 22.7 Å². The highest BCUT2D eigenvalue weighted by Crippen LogP contribution is 2.26. The van der Waals surface area contributed by atoms with Crippen LogP contribution in [0.5, 0.6) is 0 Å². The van der Waals surface area contributed by atoms with Crippen molar-refractivity contribution in [1.82, 2.24) is 4.72 Å². The van der Waals surface area contributed by atoms with Crippen LogP contribution in [0.4, 0.5) is 0 Å². The van der Waals surface area contributed by atoms with Gasteiger partial charge in [0, 0.05) is 11.4 Å². The summed E-state index contributed by atoms with van der Waals surface area (Å²) in [6.45, 7) is 3.36. The zero-order chi connectivity index (χ0) is 17.6. The summed E-state index contributed by atoms with van der Waals surface area (Å²) in [6, 6.07) is 5.79. The van der Waals surface area contributed by atoms with Crippen LogP contribution in [0.25, 0.3) is 0 Å². The van der Waals surface area contributed by atoms with Crippen LogP contribution in [0.15, 0.2) is 24.3 Å². The lowest BCUT2D eigenvalue weighted by Crippen LogP contribution is -2.30. The van der Waals surface area contributed by atoms with Crippen LogP contribution in [0.3, 0.4) is 0 Å². The SMILES string of the molecule is CC(C)OC(=O)CC(=O)CC(NS(C)(=O)=O)c1ccccc1Cl. The molecule has 8 heteroatoms. The molecule has 0 radical (unpaired) electrons. The summed E-state index contributed by atoms with van der Waals surface area (Å²) in [5.74, 6) is -1.07. The standard InChI is InChI=1S/C15H20ClNO5S/c1-10(2)22-15(19)9-11(18)8-14(17-23(3,20)21)12-6-4-5-7-13(12)16/h4-7,10,14,17H,8-9H2,1-3H3. The minimum atomic E-state index is -3.56. The van der Waals surface area contributed by atoms with Crippen molar-refractivity contribution in [3.8, 4) is 0 Å². The molecule has 1 rings (SSSR count). The highest BCUT2D eigenvalue weighted by Gasteiger charge is 2.23. The lowest BCUT2D eigenvalue weighted by molar-refractivity contribution is -0.149. The van der Waals surface area contributed by atoms with E-state index in [0.717, 1.165) is 6.26 Å². The predicted octanol–water partition coefficient (Wildman–Crippen LogP) is 2.23. The van der Waals surface area contributed by atoms with Crippen molar-refractivity contribution in [2.45, 2.75) is 38.8 Å². The monoisotopic (exact) mass is 361 g/mol. The number of carbonyl (C=O) groups is 2. The average molecular weight is 362 g/mol. The Kier molecular flexibility index (Phi) is 7.18. The second kappa shape index (κ2) is 8.42. The van der Waals surface area contributed by atoms with Crippen molar-refractivity contribution in [1.29, 1.82) is 0 Å². The first-order valence-corrected chi connectivity index (χ1v) is 9.28. The molecule has 1 aromatic rings. The number of esters is 1. The van der Waals surface area contributed by atoms with Gasteiger partial charge in [-0.2, -0.15) is 0 Å². The molecule has 6 nitrogen and oxygen atoms in total. The molecule has 1 atom stereocenters. The fourth-order valence-electron chi connectivity index (χ4n) is 2.00.